The molecule has 0 spiro atoms. The zero-order valence-electron chi connectivity index (χ0n) is 19.3. The van der Waals surface area contributed by atoms with E-state index in [2.05, 4.69) is 38.9 Å². The molecule has 1 aliphatic carbocycles. The molecule has 1 aromatic carbocycles. The van der Waals surface area contributed by atoms with E-state index in [0.717, 1.165) is 40.6 Å². The number of hydrogen-bond donors (Lipinski definition) is 2. The number of amides is 1. The Labute approximate surface area is 206 Å². The SMILES string of the molecule is Cc1ccccc1C1(N(Cc2cc3cnccc3[nH]2)c2nc(Cl)c3n(c2=O)C(C(N)=O)CC3)CC1. The number of aryl methyl sites for hydroxylation is 1. The first-order valence-corrected chi connectivity index (χ1v) is 12.1. The number of carbonyl (C=O) groups is 1. The number of aromatic amines is 1. The van der Waals surface area contributed by atoms with Gasteiger partial charge in [0.25, 0.3) is 5.56 Å². The lowest BCUT2D eigenvalue weighted by molar-refractivity contribution is -0.121. The molecule has 3 N–H and O–H groups in total. The van der Waals surface area contributed by atoms with E-state index in [1.807, 2.05) is 30.5 Å². The Morgan fingerprint density at radius 1 is 1.31 bits per heavy atom. The van der Waals surface area contributed by atoms with E-state index in [0.29, 0.717) is 25.1 Å². The van der Waals surface area contributed by atoms with E-state index >= 15 is 0 Å². The first kappa shape index (κ1) is 21.9. The standard InChI is InChI=1S/C26H25ClN6O2/c1-15-4-2-3-5-18(15)26(9-10-26)32(14-17-12-16-13-29-11-8-19(16)30-17)24-25(35)33-20(22(27)31-24)6-7-21(33)23(28)34/h2-5,8,11-13,21,30H,6-7,9-10,14H2,1H3,(H2,28,34). The Hall–Kier alpha value is -3.65. The number of nitrogens with zero attached hydrogens (tertiary/aromatic N) is 4. The number of nitrogens with two attached hydrogens (primary N) is 1. The van der Waals surface area contributed by atoms with Crippen molar-refractivity contribution in [2.24, 2.45) is 5.73 Å². The molecular weight excluding hydrogens is 464 g/mol. The van der Waals surface area contributed by atoms with Gasteiger partial charge in [-0.25, -0.2) is 4.98 Å². The fourth-order valence-electron chi connectivity index (χ4n) is 5.55. The molecule has 1 unspecified atom stereocenters. The fraction of sp³-hybridized carbons (Fsp3) is 0.308. The van der Waals surface area contributed by atoms with Gasteiger partial charge in [-0.05, 0) is 55.9 Å². The number of rotatable bonds is 6. The van der Waals surface area contributed by atoms with E-state index in [4.69, 9.17) is 17.3 Å². The third kappa shape index (κ3) is 3.43. The molecule has 2 aliphatic rings. The van der Waals surface area contributed by atoms with Gasteiger partial charge >= 0.3 is 0 Å². The van der Waals surface area contributed by atoms with Crippen molar-refractivity contribution in [2.45, 2.75) is 50.7 Å². The number of pyridine rings is 1. The number of primary amides is 1. The molecule has 1 fully saturated rings. The summed E-state index contributed by atoms with van der Waals surface area (Å²) in [6.45, 7) is 2.50. The van der Waals surface area contributed by atoms with Gasteiger partial charge in [0.1, 0.15) is 6.04 Å². The summed E-state index contributed by atoms with van der Waals surface area (Å²) in [5.41, 5.74) is 9.71. The average molecular weight is 489 g/mol. The van der Waals surface area contributed by atoms with Gasteiger partial charge in [-0.3, -0.25) is 19.1 Å². The van der Waals surface area contributed by atoms with Crippen LogP contribution >= 0.6 is 11.6 Å². The van der Waals surface area contributed by atoms with Gasteiger partial charge in [0.05, 0.1) is 17.8 Å². The highest BCUT2D eigenvalue weighted by Crippen LogP contribution is 2.53. The second-order valence-corrected chi connectivity index (χ2v) is 9.85. The molecule has 1 aliphatic heterocycles. The van der Waals surface area contributed by atoms with E-state index < -0.39 is 17.5 Å². The zero-order chi connectivity index (χ0) is 24.3. The minimum absolute atomic E-state index is 0.240. The summed E-state index contributed by atoms with van der Waals surface area (Å²) < 4.78 is 1.46. The summed E-state index contributed by atoms with van der Waals surface area (Å²) >= 11 is 6.61. The second kappa shape index (κ2) is 7.95. The number of fused-ring (bicyclic) bond motifs is 2. The van der Waals surface area contributed by atoms with Crippen molar-refractivity contribution in [3.63, 3.8) is 0 Å². The van der Waals surface area contributed by atoms with Gasteiger partial charge in [0.15, 0.2) is 11.0 Å². The Balaban J connectivity index is 1.54. The summed E-state index contributed by atoms with van der Waals surface area (Å²) in [6.07, 6.45) is 6.25. The van der Waals surface area contributed by atoms with Crippen LogP contribution in [0.3, 0.4) is 0 Å². The summed E-state index contributed by atoms with van der Waals surface area (Å²) in [4.78, 5) is 40.4. The highest BCUT2D eigenvalue weighted by atomic mass is 35.5. The molecule has 0 bridgehead atoms. The third-order valence-corrected chi connectivity index (χ3v) is 7.69. The first-order chi connectivity index (χ1) is 16.9. The molecule has 8 nitrogen and oxygen atoms in total. The van der Waals surface area contributed by atoms with Crippen LogP contribution in [0.2, 0.25) is 5.15 Å². The van der Waals surface area contributed by atoms with Crippen LogP contribution < -0.4 is 16.2 Å². The number of benzene rings is 1. The van der Waals surface area contributed by atoms with Gasteiger partial charge in [0.2, 0.25) is 5.91 Å². The minimum Gasteiger partial charge on any atom is -0.368 e. The molecule has 4 heterocycles. The van der Waals surface area contributed by atoms with Crippen LogP contribution in [0.1, 0.15) is 47.8 Å². The number of halogens is 1. The number of aromatic nitrogens is 4. The highest BCUT2D eigenvalue weighted by Gasteiger charge is 2.52. The third-order valence-electron chi connectivity index (χ3n) is 7.39. The molecular formula is C26H25ClN6O2. The number of hydrogen-bond acceptors (Lipinski definition) is 5. The summed E-state index contributed by atoms with van der Waals surface area (Å²) in [5, 5.41) is 1.24. The number of anilines is 1. The van der Waals surface area contributed by atoms with Crippen molar-refractivity contribution < 1.29 is 4.79 Å². The maximum absolute atomic E-state index is 13.9. The topological polar surface area (TPSA) is 110 Å². The lowest BCUT2D eigenvalue weighted by atomic mass is 9.97. The van der Waals surface area contributed by atoms with Crippen LogP contribution in [0.5, 0.6) is 0 Å². The molecule has 0 radical (unpaired) electrons. The Morgan fingerprint density at radius 3 is 2.83 bits per heavy atom. The monoisotopic (exact) mass is 488 g/mol. The largest absolute Gasteiger partial charge is 0.368 e. The van der Waals surface area contributed by atoms with E-state index in [1.165, 1.54) is 4.57 Å². The van der Waals surface area contributed by atoms with Gasteiger partial charge in [-0.1, -0.05) is 35.9 Å². The quantitative estimate of drug-likeness (QED) is 0.429. The van der Waals surface area contributed by atoms with Crippen LogP contribution in [0.25, 0.3) is 10.9 Å². The summed E-state index contributed by atoms with van der Waals surface area (Å²) in [5.74, 6) is -0.293. The van der Waals surface area contributed by atoms with E-state index in [1.54, 1.807) is 6.20 Å². The maximum Gasteiger partial charge on any atom is 0.294 e. The van der Waals surface area contributed by atoms with Crippen LogP contribution in [0, 0.1) is 6.92 Å². The average Bonchev–Trinajstić information content (AvgIpc) is 3.32. The second-order valence-electron chi connectivity index (χ2n) is 9.50. The number of H-pyrrole nitrogens is 1. The Kier molecular flexibility index (Phi) is 4.96. The molecule has 3 aromatic heterocycles. The number of carbonyl (C=O) groups excluding carboxylic acids is 1. The van der Waals surface area contributed by atoms with Crippen LogP contribution in [-0.4, -0.2) is 25.4 Å². The minimum atomic E-state index is -0.716. The van der Waals surface area contributed by atoms with Crippen LogP contribution in [0.4, 0.5) is 5.82 Å². The Morgan fingerprint density at radius 2 is 2.11 bits per heavy atom. The van der Waals surface area contributed by atoms with Gasteiger partial charge in [0, 0.05) is 29.0 Å². The van der Waals surface area contributed by atoms with Crippen molar-refractivity contribution in [3.05, 3.63) is 86.8 Å². The summed E-state index contributed by atoms with van der Waals surface area (Å²) in [7, 11) is 0. The molecule has 1 amide bonds. The van der Waals surface area contributed by atoms with Crippen molar-refractivity contribution in [3.8, 4) is 0 Å². The van der Waals surface area contributed by atoms with Crippen LogP contribution in [-0.2, 0) is 23.3 Å². The molecule has 4 aromatic rings. The van der Waals surface area contributed by atoms with Gasteiger partial charge in [-0.2, -0.15) is 0 Å². The normalized spacial score (nSPS) is 17.9. The van der Waals surface area contributed by atoms with Gasteiger partial charge in [-0.15, -0.1) is 0 Å². The smallest absolute Gasteiger partial charge is 0.294 e. The molecule has 1 saturated carbocycles. The van der Waals surface area contributed by atoms with Crippen molar-refractivity contribution >= 4 is 34.2 Å². The van der Waals surface area contributed by atoms with E-state index in [-0.39, 0.29) is 16.5 Å². The first-order valence-electron chi connectivity index (χ1n) is 11.7. The van der Waals surface area contributed by atoms with Crippen molar-refractivity contribution in [1.82, 2.24) is 19.5 Å². The maximum atomic E-state index is 13.9. The molecule has 35 heavy (non-hydrogen) atoms. The molecule has 6 rings (SSSR count). The Bertz CT molecular complexity index is 1500. The number of nitrogens with one attached hydrogen (secondary N) is 1. The molecule has 0 saturated heterocycles. The fourth-order valence-corrected chi connectivity index (χ4v) is 5.82. The van der Waals surface area contributed by atoms with E-state index in [9.17, 15) is 9.59 Å². The lowest BCUT2D eigenvalue weighted by Crippen LogP contribution is -2.42. The van der Waals surface area contributed by atoms with Crippen molar-refractivity contribution in [2.75, 3.05) is 4.90 Å². The van der Waals surface area contributed by atoms with Gasteiger partial charge < -0.3 is 15.6 Å². The molecule has 9 heteroatoms. The highest BCUT2D eigenvalue weighted by molar-refractivity contribution is 6.30. The molecule has 178 valence electrons. The molecule has 1 atom stereocenters. The summed E-state index contributed by atoms with van der Waals surface area (Å²) in [6, 6.07) is 11.5. The van der Waals surface area contributed by atoms with Crippen LogP contribution in [0.15, 0.2) is 53.6 Å². The lowest BCUT2D eigenvalue weighted by Gasteiger charge is -2.34. The zero-order valence-corrected chi connectivity index (χ0v) is 20.0. The predicted molar refractivity (Wildman–Crippen MR) is 134 cm³/mol. The predicted octanol–water partition coefficient (Wildman–Crippen LogP) is 3.75. The van der Waals surface area contributed by atoms with Crippen molar-refractivity contribution in [1.29, 1.82) is 0 Å².